The molecule has 31 heavy (non-hydrogen) atoms. The highest BCUT2D eigenvalue weighted by atomic mass is 35.5. The van der Waals surface area contributed by atoms with Gasteiger partial charge in [0.05, 0.1) is 17.7 Å². The molecule has 4 rings (SSSR count). The van der Waals surface area contributed by atoms with Gasteiger partial charge >= 0.3 is 11.7 Å². The molecule has 1 atom stereocenters. The normalized spacial score (nSPS) is 15.6. The molecule has 0 saturated heterocycles. The van der Waals surface area contributed by atoms with Crippen molar-refractivity contribution in [3.8, 4) is 0 Å². The van der Waals surface area contributed by atoms with Crippen molar-refractivity contribution in [1.82, 2.24) is 4.57 Å². The minimum Gasteiger partial charge on any atom is -0.462 e. The first-order chi connectivity index (χ1) is 14.9. The fraction of sp³-hybridized carbons (Fsp3) is 0.409. The number of halogens is 1. The number of rotatable bonds is 6. The highest BCUT2D eigenvalue weighted by Crippen LogP contribution is 2.40. The van der Waals surface area contributed by atoms with Gasteiger partial charge in [0.1, 0.15) is 5.00 Å². The van der Waals surface area contributed by atoms with Crippen LogP contribution in [0.4, 0.5) is 5.00 Å². The van der Waals surface area contributed by atoms with Gasteiger partial charge in [-0.25, -0.2) is 9.59 Å². The van der Waals surface area contributed by atoms with Gasteiger partial charge < -0.3 is 14.5 Å². The van der Waals surface area contributed by atoms with E-state index in [9.17, 15) is 14.4 Å². The zero-order valence-corrected chi connectivity index (χ0v) is 18.9. The smallest absolute Gasteiger partial charge is 0.419 e. The topological polar surface area (TPSA) is 90.5 Å². The highest BCUT2D eigenvalue weighted by Gasteiger charge is 2.29. The Morgan fingerprint density at radius 1 is 1.39 bits per heavy atom. The number of benzene rings is 1. The zero-order valence-electron chi connectivity index (χ0n) is 17.3. The zero-order chi connectivity index (χ0) is 22.1. The molecule has 0 radical (unpaired) electrons. The maximum Gasteiger partial charge on any atom is 0.419 e. The first kappa shape index (κ1) is 21.6. The number of hydrogen-bond donors (Lipinski definition) is 1. The summed E-state index contributed by atoms with van der Waals surface area (Å²) in [5.74, 6) is -0.691. The monoisotopic (exact) mass is 462 g/mol. The van der Waals surface area contributed by atoms with E-state index in [1.54, 1.807) is 25.1 Å². The van der Waals surface area contributed by atoms with Gasteiger partial charge in [-0.15, -0.1) is 11.3 Å². The summed E-state index contributed by atoms with van der Waals surface area (Å²) in [6, 6.07) is 4.92. The Morgan fingerprint density at radius 3 is 2.97 bits per heavy atom. The minimum absolute atomic E-state index is 0.0540. The van der Waals surface area contributed by atoms with E-state index < -0.39 is 11.7 Å². The third-order valence-electron chi connectivity index (χ3n) is 5.44. The molecule has 0 fully saturated rings. The Morgan fingerprint density at radius 2 is 2.19 bits per heavy atom. The summed E-state index contributed by atoms with van der Waals surface area (Å²) >= 11 is 7.39. The van der Waals surface area contributed by atoms with Crippen molar-refractivity contribution >= 4 is 50.9 Å². The third-order valence-corrected chi connectivity index (χ3v) is 6.84. The van der Waals surface area contributed by atoms with Crippen LogP contribution in [0.3, 0.4) is 0 Å². The van der Waals surface area contributed by atoms with Gasteiger partial charge in [0.15, 0.2) is 5.58 Å². The Kier molecular flexibility index (Phi) is 6.20. The molecule has 164 valence electrons. The molecule has 0 saturated carbocycles. The number of anilines is 1. The second-order valence-electron chi connectivity index (χ2n) is 7.71. The number of hydrogen-bond acceptors (Lipinski definition) is 6. The van der Waals surface area contributed by atoms with Gasteiger partial charge in [0, 0.05) is 28.9 Å². The molecule has 1 amide bonds. The van der Waals surface area contributed by atoms with Crippen LogP contribution in [0.25, 0.3) is 11.1 Å². The van der Waals surface area contributed by atoms with Crippen LogP contribution < -0.4 is 11.1 Å². The average Bonchev–Trinajstić information content (AvgIpc) is 3.21. The van der Waals surface area contributed by atoms with E-state index >= 15 is 0 Å². The van der Waals surface area contributed by atoms with E-state index in [0.29, 0.717) is 32.6 Å². The number of nitrogens with one attached hydrogen (secondary N) is 1. The lowest BCUT2D eigenvalue weighted by molar-refractivity contribution is -0.116. The molecule has 2 aromatic heterocycles. The van der Waals surface area contributed by atoms with Gasteiger partial charge in [0.25, 0.3) is 0 Å². The molecule has 3 aromatic rings. The molecule has 1 N–H and O–H groups in total. The van der Waals surface area contributed by atoms with Crippen LogP contribution in [0.2, 0.25) is 5.02 Å². The summed E-state index contributed by atoms with van der Waals surface area (Å²) in [7, 11) is 0. The Labute approximate surface area is 187 Å². The number of fused-ring (bicyclic) bond motifs is 2. The largest absolute Gasteiger partial charge is 0.462 e. The molecular formula is C22H23ClN2O5S. The van der Waals surface area contributed by atoms with E-state index in [4.69, 9.17) is 20.8 Å². The molecule has 1 aliphatic carbocycles. The number of aryl methyl sites for hydroxylation is 1. The number of amides is 1. The number of nitrogens with zero attached hydrogens (tertiary/aromatic N) is 1. The first-order valence-electron chi connectivity index (χ1n) is 10.3. The number of thiophene rings is 1. The van der Waals surface area contributed by atoms with E-state index in [0.717, 1.165) is 29.7 Å². The first-order valence-corrected chi connectivity index (χ1v) is 11.5. The maximum absolute atomic E-state index is 12.7. The van der Waals surface area contributed by atoms with Gasteiger partial charge in [-0.2, -0.15) is 0 Å². The average molecular weight is 463 g/mol. The molecule has 2 heterocycles. The van der Waals surface area contributed by atoms with Crippen LogP contribution in [0.5, 0.6) is 0 Å². The fourth-order valence-electron chi connectivity index (χ4n) is 3.91. The number of ether oxygens (including phenoxy) is 1. The predicted molar refractivity (Wildman–Crippen MR) is 120 cm³/mol. The molecule has 9 heteroatoms. The summed E-state index contributed by atoms with van der Waals surface area (Å²) in [5.41, 5.74) is 2.42. The van der Waals surface area contributed by atoms with Crippen molar-refractivity contribution in [3.05, 3.63) is 49.8 Å². The van der Waals surface area contributed by atoms with Crippen LogP contribution in [0, 0.1) is 5.92 Å². The maximum atomic E-state index is 12.7. The Hall–Kier alpha value is -2.58. The van der Waals surface area contributed by atoms with E-state index in [2.05, 4.69) is 12.2 Å². The summed E-state index contributed by atoms with van der Waals surface area (Å²) in [4.78, 5) is 38.6. The summed E-state index contributed by atoms with van der Waals surface area (Å²) in [5, 5.41) is 3.87. The molecular weight excluding hydrogens is 440 g/mol. The highest BCUT2D eigenvalue weighted by molar-refractivity contribution is 7.17. The van der Waals surface area contributed by atoms with E-state index in [-0.39, 0.29) is 25.5 Å². The molecule has 0 aliphatic heterocycles. The van der Waals surface area contributed by atoms with Crippen molar-refractivity contribution in [1.29, 1.82) is 0 Å². The van der Waals surface area contributed by atoms with Gasteiger partial charge in [0.2, 0.25) is 5.91 Å². The molecule has 1 aliphatic rings. The lowest BCUT2D eigenvalue weighted by atomic mass is 9.88. The lowest BCUT2D eigenvalue weighted by Crippen LogP contribution is -2.20. The predicted octanol–water partition coefficient (Wildman–Crippen LogP) is 4.64. The summed E-state index contributed by atoms with van der Waals surface area (Å²) in [6.07, 6.45) is 2.75. The van der Waals surface area contributed by atoms with Crippen LogP contribution in [-0.4, -0.2) is 23.1 Å². The van der Waals surface area contributed by atoms with Crippen molar-refractivity contribution in [3.63, 3.8) is 0 Å². The van der Waals surface area contributed by atoms with Crippen LogP contribution in [-0.2, 0) is 28.9 Å². The van der Waals surface area contributed by atoms with Crippen molar-refractivity contribution in [2.24, 2.45) is 5.92 Å². The van der Waals surface area contributed by atoms with Crippen LogP contribution in [0.15, 0.2) is 27.4 Å². The molecule has 0 bridgehead atoms. The number of aromatic nitrogens is 1. The summed E-state index contributed by atoms with van der Waals surface area (Å²) < 4.78 is 11.8. The fourth-order valence-corrected chi connectivity index (χ4v) is 5.49. The Balaban J connectivity index is 1.53. The van der Waals surface area contributed by atoms with Crippen molar-refractivity contribution in [2.75, 3.05) is 11.9 Å². The number of carbonyl (C=O) groups is 2. The number of carbonyl (C=O) groups excluding carboxylic acids is 2. The van der Waals surface area contributed by atoms with E-state index in [1.807, 2.05) is 0 Å². The van der Waals surface area contributed by atoms with Gasteiger partial charge in [-0.1, -0.05) is 18.5 Å². The Bertz CT molecular complexity index is 1210. The van der Waals surface area contributed by atoms with Crippen molar-refractivity contribution in [2.45, 2.75) is 46.1 Å². The molecule has 0 spiro atoms. The van der Waals surface area contributed by atoms with Crippen LogP contribution in [0.1, 0.15) is 47.5 Å². The van der Waals surface area contributed by atoms with E-state index in [1.165, 1.54) is 15.9 Å². The standard InChI is InChI=1S/C22H23ClN2O5S/c1-3-29-21(27)19-14-6-4-12(2)10-17(14)31-20(19)24-18(26)8-9-25-15-7-5-13(23)11-16(15)30-22(25)28/h5,7,11-12H,3-4,6,8-10H2,1-2H3,(H,24,26). The molecule has 1 aromatic carbocycles. The number of esters is 1. The minimum atomic E-state index is -0.544. The summed E-state index contributed by atoms with van der Waals surface area (Å²) in [6.45, 7) is 4.37. The molecule has 1 unspecified atom stereocenters. The van der Waals surface area contributed by atoms with Gasteiger partial charge in [-0.05, 0) is 49.8 Å². The molecule has 7 nitrogen and oxygen atoms in total. The second kappa shape index (κ2) is 8.88. The number of oxazole rings is 1. The quantitative estimate of drug-likeness (QED) is 0.539. The third kappa shape index (κ3) is 4.41. The van der Waals surface area contributed by atoms with Gasteiger partial charge in [-0.3, -0.25) is 9.36 Å². The lowest BCUT2D eigenvalue weighted by Gasteiger charge is -2.18. The second-order valence-corrected chi connectivity index (χ2v) is 9.25. The van der Waals surface area contributed by atoms with Crippen LogP contribution >= 0.6 is 22.9 Å². The van der Waals surface area contributed by atoms with Crippen molar-refractivity contribution < 1.29 is 18.7 Å². The SMILES string of the molecule is CCOC(=O)c1c(NC(=O)CCn2c(=O)oc3cc(Cl)ccc32)sc2c1CCC(C)C2.